The van der Waals surface area contributed by atoms with Gasteiger partial charge in [0, 0.05) is 12.1 Å². The van der Waals surface area contributed by atoms with E-state index in [0.717, 1.165) is 17.9 Å². The summed E-state index contributed by atoms with van der Waals surface area (Å²) in [5, 5.41) is 5.58. The molecule has 0 aliphatic rings. The average molecular weight is 262 g/mol. The lowest BCUT2D eigenvalue weighted by atomic mass is 10.0. The van der Waals surface area contributed by atoms with E-state index in [1.807, 2.05) is 25.2 Å². The van der Waals surface area contributed by atoms with Crippen molar-refractivity contribution in [1.82, 2.24) is 5.32 Å². The molecular weight excluding hydrogens is 246 g/mol. The molecule has 2 rings (SSSR count). The second kappa shape index (κ2) is 6.90. The molecule has 0 spiro atoms. The zero-order valence-corrected chi connectivity index (χ0v) is 11.1. The van der Waals surface area contributed by atoms with Crippen molar-refractivity contribution >= 4 is 23.2 Å². The first kappa shape index (κ1) is 14.4. The number of rotatable bonds is 4. The molecule has 0 saturated heterocycles. The van der Waals surface area contributed by atoms with E-state index in [0.29, 0.717) is 6.61 Å². The lowest BCUT2D eigenvalue weighted by Gasteiger charge is -2.12. The Morgan fingerprint density at radius 1 is 1.22 bits per heavy atom. The lowest BCUT2D eigenvalue weighted by Crippen LogP contribution is -2.08. The van der Waals surface area contributed by atoms with E-state index in [2.05, 4.69) is 29.4 Å². The minimum Gasteiger partial charge on any atom is -0.481 e. The fourth-order valence-electron chi connectivity index (χ4n) is 1.93. The molecule has 0 aliphatic heterocycles. The SMILES string of the molecule is C#CCOc1ccc2ccccc2c1CNC.Cl. The van der Waals surface area contributed by atoms with Crippen LogP contribution in [0, 0.1) is 12.3 Å². The zero-order valence-electron chi connectivity index (χ0n) is 10.3. The molecule has 0 atom stereocenters. The number of ether oxygens (including phenoxy) is 1. The number of hydrogen-bond donors (Lipinski definition) is 1. The van der Waals surface area contributed by atoms with Gasteiger partial charge in [-0.2, -0.15) is 0 Å². The van der Waals surface area contributed by atoms with Gasteiger partial charge in [-0.25, -0.2) is 0 Å². The van der Waals surface area contributed by atoms with E-state index in [9.17, 15) is 0 Å². The van der Waals surface area contributed by atoms with Crippen LogP contribution in [-0.4, -0.2) is 13.7 Å². The van der Waals surface area contributed by atoms with Crippen molar-refractivity contribution < 1.29 is 4.74 Å². The Balaban J connectivity index is 0.00000162. The maximum atomic E-state index is 5.57. The zero-order chi connectivity index (χ0) is 12.1. The smallest absolute Gasteiger partial charge is 0.148 e. The van der Waals surface area contributed by atoms with E-state index < -0.39 is 0 Å². The van der Waals surface area contributed by atoms with Crippen LogP contribution < -0.4 is 10.1 Å². The largest absolute Gasteiger partial charge is 0.481 e. The summed E-state index contributed by atoms with van der Waals surface area (Å²) in [4.78, 5) is 0. The van der Waals surface area contributed by atoms with E-state index in [-0.39, 0.29) is 12.4 Å². The minimum absolute atomic E-state index is 0. The highest BCUT2D eigenvalue weighted by Crippen LogP contribution is 2.27. The molecule has 3 heteroatoms. The third-order valence-electron chi connectivity index (χ3n) is 2.66. The first-order valence-electron chi connectivity index (χ1n) is 5.58. The van der Waals surface area contributed by atoms with E-state index in [1.54, 1.807) is 0 Å². The molecule has 0 bridgehead atoms. The molecule has 0 amide bonds. The van der Waals surface area contributed by atoms with Crippen molar-refractivity contribution in [1.29, 1.82) is 0 Å². The molecular formula is C15H16ClNO. The molecule has 0 saturated carbocycles. The molecule has 2 aromatic carbocycles. The molecule has 0 heterocycles. The van der Waals surface area contributed by atoms with Crippen LogP contribution in [-0.2, 0) is 6.54 Å². The van der Waals surface area contributed by atoms with Gasteiger partial charge in [-0.05, 0) is 23.9 Å². The summed E-state index contributed by atoms with van der Waals surface area (Å²) in [6.45, 7) is 1.07. The molecule has 0 unspecified atom stereocenters. The first-order chi connectivity index (χ1) is 8.36. The van der Waals surface area contributed by atoms with Gasteiger partial charge in [0.2, 0.25) is 0 Å². The Morgan fingerprint density at radius 3 is 2.72 bits per heavy atom. The Bertz CT molecular complexity index is 560. The van der Waals surface area contributed by atoms with Crippen LogP contribution in [0.2, 0.25) is 0 Å². The predicted molar refractivity (Wildman–Crippen MR) is 78.3 cm³/mol. The fraction of sp³-hybridized carbons (Fsp3) is 0.200. The molecule has 0 aliphatic carbocycles. The van der Waals surface area contributed by atoms with Crippen LogP contribution in [0.1, 0.15) is 5.56 Å². The molecule has 2 aromatic rings. The minimum atomic E-state index is 0. The lowest BCUT2D eigenvalue weighted by molar-refractivity contribution is 0.366. The maximum absolute atomic E-state index is 5.57. The van der Waals surface area contributed by atoms with Crippen molar-refractivity contribution in [3.8, 4) is 18.1 Å². The van der Waals surface area contributed by atoms with Crippen LogP contribution in [0.25, 0.3) is 10.8 Å². The highest BCUT2D eigenvalue weighted by atomic mass is 35.5. The standard InChI is InChI=1S/C15H15NO.ClH/c1-3-10-17-15-9-8-12-6-4-5-7-13(12)14(15)11-16-2;/h1,4-9,16H,10-11H2,2H3;1H. The van der Waals surface area contributed by atoms with E-state index in [1.165, 1.54) is 10.8 Å². The predicted octanol–water partition coefficient (Wildman–Crippen LogP) is 2.99. The molecule has 94 valence electrons. The summed E-state index contributed by atoms with van der Waals surface area (Å²) in [5.74, 6) is 3.35. The Kier molecular flexibility index (Phi) is 5.51. The van der Waals surface area contributed by atoms with Gasteiger partial charge >= 0.3 is 0 Å². The quantitative estimate of drug-likeness (QED) is 0.855. The summed E-state index contributed by atoms with van der Waals surface area (Å²) in [5.41, 5.74) is 1.15. The van der Waals surface area contributed by atoms with Crippen molar-refractivity contribution in [2.24, 2.45) is 0 Å². The Morgan fingerprint density at radius 2 is 2.00 bits per heavy atom. The van der Waals surface area contributed by atoms with Crippen molar-refractivity contribution in [2.75, 3.05) is 13.7 Å². The normalized spacial score (nSPS) is 9.56. The van der Waals surface area contributed by atoms with Crippen LogP contribution in [0.15, 0.2) is 36.4 Å². The third-order valence-corrected chi connectivity index (χ3v) is 2.66. The van der Waals surface area contributed by atoms with E-state index >= 15 is 0 Å². The number of terminal acetylenes is 1. The average Bonchev–Trinajstić information content (AvgIpc) is 2.38. The van der Waals surface area contributed by atoms with Crippen LogP contribution in [0.3, 0.4) is 0 Å². The van der Waals surface area contributed by atoms with Crippen LogP contribution in [0.5, 0.6) is 5.75 Å². The van der Waals surface area contributed by atoms with Gasteiger partial charge in [0.15, 0.2) is 0 Å². The van der Waals surface area contributed by atoms with Gasteiger partial charge < -0.3 is 10.1 Å². The molecule has 1 N–H and O–H groups in total. The summed E-state index contributed by atoms with van der Waals surface area (Å²) in [7, 11) is 1.92. The van der Waals surface area contributed by atoms with Gasteiger partial charge in [-0.15, -0.1) is 18.8 Å². The molecule has 0 fully saturated rings. The van der Waals surface area contributed by atoms with Gasteiger partial charge in [-0.3, -0.25) is 0 Å². The Labute approximate surface area is 114 Å². The van der Waals surface area contributed by atoms with Gasteiger partial charge in [-0.1, -0.05) is 36.3 Å². The third kappa shape index (κ3) is 2.95. The highest BCUT2D eigenvalue weighted by molar-refractivity contribution is 5.87. The summed E-state index contributed by atoms with van der Waals surface area (Å²) < 4.78 is 5.57. The van der Waals surface area contributed by atoms with E-state index in [4.69, 9.17) is 11.2 Å². The summed E-state index contributed by atoms with van der Waals surface area (Å²) in [6.07, 6.45) is 5.22. The molecule has 0 radical (unpaired) electrons. The second-order valence-electron chi connectivity index (χ2n) is 3.79. The highest BCUT2D eigenvalue weighted by Gasteiger charge is 2.07. The van der Waals surface area contributed by atoms with Gasteiger partial charge in [0.25, 0.3) is 0 Å². The van der Waals surface area contributed by atoms with Crippen LogP contribution in [0.4, 0.5) is 0 Å². The van der Waals surface area contributed by atoms with Crippen molar-refractivity contribution in [3.05, 3.63) is 42.0 Å². The number of hydrogen-bond acceptors (Lipinski definition) is 2. The van der Waals surface area contributed by atoms with Crippen LogP contribution >= 0.6 is 12.4 Å². The fourth-order valence-corrected chi connectivity index (χ4v) is 1.93. The summed E-state index contributed by atoms with van der Waals surface area (Å²) in [6, 6.07) is 12.3. The first-order valence-corrected chi connectivity index (χ1v) is 5.58. The van der Waals surface area contributed by atoms with Crippen molar-refractivity contribution in [3.63, 3.8) is 0 Å². The number of halogens is 1. The number of nitrogens with one attached hydrogen (secondary N) is 1. The second-order valence-corrected chi connectivity index (χ2v) is 3.79. The van der Waals surface area contributed by atoms with Crippen molar-refractivity contribution in [2.45, 2.75) is 6.54 Å². The number of fused-ring (bicyclic) bond motifs is 1. The molecule has 2 nitrogen and oxygen atoms in total. The Hall–Kier alpha value is -1.69. The monoisotopic (exact) mass is 261 g/mol. The number of benzene rings is 2. The van der Waals surface area contributed by atoms with Gasteiger partial charge in [0.1, 0.15) is 12.4 Å². The van der Waals surface area contributed by atoms with Gasteiger partial charge in [0.05, 0.1) is 0 Å². The molecule has 18 heavy (non-hydrogen) atoms. The summed E-state index contributed by atoms with van der Waals surface area (Å²) >= 11 is 0. The topological polar surface area (TPSA) is 21.3 Å². The molecule has 0 aromatic heterocycles. The maximum Gasteiger partial charge on any atom is 0.148 e.